The molecule has 0 radical (unpaired) electrons. The molecule has 1 saturated carbocycles. The van der Waals surface area contributed by atoms with Crippen LogP contribution in [0.25, 0.3) is 28.2 Å². The van der Waals surface area contributed by atoms with Gasteiger partial charge in [-0.15, -0.1) is 10.2 Å². The summed E-state index contributed by atoms with van der Waals surface area (Å²) >= 11 is 0. The van der Waals surface area contributed by atoms with E-state index < -0.39 is 15.6 Å². The van der Waals surface area contributed by atoms with Crippen LogP contribution < -0.4 is 20.5 Å². The first-order chi connectivity index (χ1) is 20.2. The highest BCUT2D eigenvalue weighted by Crippen LogP contribution is 2.33. The molecule has 5 rings (SSSR count). The number of rotatable bonds is 11. The Kier molecular flexibility index (Phi) is 8.64. The van der Waals surface area contributed by atoms with Crippen molar-refractivity contribution in [1.29, 1.82) is 0 Å². The summed E-state index contributed by atoms with van der Waals surface area (Å²) in [5.41, 5.74) is 0.728. The lowest BCUT2D eigenvalue weighted by molar-refractivity contribution is -0.121. The van der Waals surface area contributed by atoms with Crippen LogP contribution in [-0.2, 0) is 21.4 Å². The summed E-state index contributed by atoms with van der Waals surface area (Å²) in [5.74, 6) is 0.617. The van der Waals surface area contributed by atoms with Gasteiger partial charge in [-0.25, -0.2) is 27.3 Å². The number of nitrogens with one attached hydrogen (secondary N) is 3. The topological polar surface area (TPSA) is 165 Å². The fraction of sp³-hybridized carbons (Fsp3) is 0.536. The zero-order chi connectivity index (χ0) is 29.9. The van der Waals surface area contributed by atoms with E-state index in [9.17, 15) is 18.0 Å². The van der Waals surface area contributed by atoms with E-state index in [0.29, 0.717) is 66.4 Å². The number of aryl methyl sites for hydroxylation is 1. The summed E-state index contributed by atoms with van der Waals surface area (Å²) < 4.78 is 38.9. The van der Waals surface area contributed by atoms with E-state index in [1.165, 1.54) is 29.8 Å². The SMILES string of the molecule is CCCOc1ccc(S(=O)(=O)NCC2(NC(C)=O)CCCCCC2)cc1-c1nc2c([nH]1)c1nncn1c(=O)n2CCC. The zero-order valence-electron chi connectivity index (χ0n) is 24.3. The van der Waals surface area contributed by atoms with Crippen LogP contribution in [0.3, 0.4) is 0 Å². The van der Waals surface area contributed by atoms with Gasteiger partial charge in [-0.2, -0.15) is 0 Å². The van der Waals surface area contributed by atoms with Crippen molar-refractivity contribution in [1.82, 2.24) is 39.2 Å². The fourth-order valence-corrected chi connectivity index (χ4v) is 6.83. The molecule has 3 aromatic heterocycles. The van der Waals surface area contributed by atoms with Gasteiger partial charge in [0, 0.05) is 20.0 Å². The Labute approximate surface area is 244 Å². The molecule has 4 aromatic rings. The van der Waals surface area contributed by atoms with Gasteiger partial charge >= 0.3 is 5.69 Å². The van der Waals surface area contributed by atoms with Crippen LogP contribution in [0.1, 0.15) is 72.1 Å². The maximum Gasteiger partial charge on any atom is 0.336 e. The van der Waals surface area contributed by atoms with E-state index in [-0.39, 0.29) is 23.0 Å². The first-order valence-electron chi connectivity index (χ1n) is 14.6. The largest absolute Gasteiger partial charge is 0.493 e. The van der Waals surface area contributed by atoms with Crippen LogP contribution in [0.4, 0.5) is 0 Å². The smallest absolute Gasteiger partial charge is 0.336 e. The number of hydrogen-bond acceptors (Lipinski definition) is 8. The molecule has 0 aliphatic heterocycles. The monoisotopic (exact) mass is 598 g/mol. The van der Waals surface area contributed by atoms with Gasteiger partial charge < -0.3 is 15.0 Å². The molecular formula is C28H38N8O5S. The lowest BCUT2D eigenvalue weighted by atomic mass is 9.90. The number of ether oxygens (including phenoxy) is 1. The third-order valence-electron chi connectivity index (χ3n) is 7.68. The number of carbonyl (C=O) groups is 1. The van der Waals surface area contributed by atoms with Crippen LogP contribution in [0.15, 0.2) is 34.2 Å². The number of H-pyrrole nitrogens is 1. The van der Waals surface area contributed by atoms with E-state index >= 15 is 0 Å². The number of sulfonamides is 1. The highest BCUT2D eigenvalue weighted by atomic mass is 32.2. The molecule has 0 spiro atoms. The number of fused-ring (bicyclic) bond motifs is 3. The molecule has 3 heterocycles. The molecule has 1 fully saturated rings. The van der Waals surface area contributed by atoms with Crippen molar-refractivity contribution in [3.8, 4) is 17.1 Å². The van der Waals surface area contributed by atoms with Crippen molar-refractivity contribution in [2.45, 2.75) is 89.1 Å². The highest BCUT2D eigenvalue weighted by Gasteiger charge is 2.33. The second-order valence-corrected chi connectivity index (χ2v) is 12.7. The lowest BCUT2D eigenvalue weighted by Crippen LogP contribution is -2.54. The van der Waals surface area contributed by atoms with Gasteiger partial charge in [0.1, 0.15) is 23.4 Å². The van der Waals surface area contributed by atoms with Gasteiger partial charge in [0.2, 0.25) is 15.9 Å². The third-order valence-corrected chi connectivity index (χ3v) is 9.08. The van der Waals surface area contributed by atoms with E-state index in [1.807, 2.05) is 13.8 Å². The molecule has 1 amide bonds. The quantitative estimate of drug-likeness (QED) is 0.222. The molecule has 42 heavy (non-hydrogen) atoms. The average molecular weight is 599 g/mol. The molecule has 1 aliphatic carbocycles. The second-order valence-electron chi connectivity index (χ2n) is 10.9. The lowest BCUT2D eigenvalue weighted by Gasteiger charge is -2.33. The van der Waals surface area contributed by atoms with Crippen molar-refractivity contribution in [2.75, 3.05) is 13.2 Å². The third kappa shape index (κ3) is 5.91. The summed E-state index contributed by atoms with van der Waals surface area (Å²) in [7, 11) is -3.97. The Morgan fingerprint density at radius 1 is 1.12 bits per heavy atom. The summed E-state index contributed by atoms with van der Waals surface area (Å²) in [5, 5.41) is 11.0. The normalized spacial score (nSPS) is 15.6. The number of aromatic nitrogens is 6. The van der Waals surface area contributed by atoms with Crippen molar-refractivity contribution >= 4 is 32.7 Å². The number of carbonyl (C=O) groups excluding carboxylic acids is 1. The number of aromatic amines is 1. The standard InChI is InChI=1S/C28H38N8O5S/c1-4-14-35-25-23(26-34-29-18-36(26)27(35)38)31-24(32-25)21-16-20(10-11-22(21)41-15-5-2)42(39,40)30-17-28(33-19(3)37)12-8-6-7-9-13-28/h10-11,16,18,30H,4-9,12-15,17H2,1-3H3,(H,31,32)(H,33,37). The fourth-order valence-electron chi connectivity index (χ4n) is 5.67. The highest BCUT2D eigenvalue weighted by molar-refractivity contribution is 7.89. The Balaban J connectivity index is 1.56. The van der Waals surface area contributed by atoms with Gasteiger partial charge in [0.15, 0.2) is 11.3 Å². The van der Waals surface area contributed by atoms with Gasteiger partial charge in [-0.05, 0) is 43.9 Å². The van der Waals surface area contributed by atoms with E-state index in [2.05, 4.69) is 25.2 Å². The molecule has 0 bridgehead atoms. The molecule has 13 nitrogen and oxygen atoms in total. The molecule has 0 unspecified atom stereocenters. The molecule has 226 valence electrons. The molecule has 0 saturated heterocycles. The van der Waals surface area contributed by atoms with Gasteiger partial charge in [-0.3, -0.25) is 9.36 Å². The number of nitrogens with zero attached hydrogens (tertiary/aromatic N) is 5. The molecule has 0 atom stereocenters. The van der Waals surface area contributed by atoms with Crippen molar-refractivity contribution < 1.29 is 17.9 Å². The summed E-state index contributed by atoms with van der Waals surface area (Å²) in [6, 6.07) is 4.64. The van der Waals surface area contributed by atoms with E-state index in [1.54, 1.807) is 10.6 Å². The molecule has 3 N–H and O–H groups in total. The van der Waals surface area contributed by atoms with Gasteiger partial charge in [-0.1, -0.05) is 39.5 Å². The van der Waals surface area contributed by atoms with Crippen molar-refractivity contribution in [3.63, 3.8) is 0 Å². The molecule has 1 aromatic carbocycles. The summed E-state index contributed by atoms with van der Waals surface area (Å²) in [4.78, 5) is 33.2. The molecule has 14 heteroatoms. The Hall–Kier alpha value is -3.78. The molecule has 1 aliphatic rings. The van der Waals surface area contributed by atoms with E-state index in [0.717, 1.165) is 32.1 Å². The first kappa shape index (κ1) is 29.7. The predicted octanol–water partition coefficient (Wildman–Crippen LogP) is 3.14. The zero-order valence-corrected chi connectivity index (χ0v) is 25.1. The summed E-state index contributed by atoms with van der Waals surface area (Å²) in [6.07, 6.45) is 8.19. The maximum absolute atomic E-state index is 13.6. The van der Waals surface area contributed by atoms with Gasteiger partial charge in [0.25, 0.3) is 0 Å². The Morgan fingerprint density at radius 2 is 1.88 bits per heavy atom. The minimum atomic E-state index is -3.97. The predicted molar refractivity (Wildman–Crippen MR) is 158 cm³/mol. The van der Waals surface area contributed by atoms with Crippen LogP contribution in [0.5, 0.6) is 5.75 Å². The number of hydrogen-bond donors (Lipinski definition) is 3. The maximum atomic E-state index is 13.6. The van der Waals surface area contributed by atoms with Crippen molar-refractivity contribution in [2.24, 2.45) is 0 Å². The summed E-state index contributed by atoms with van der Waals surface area (Å²) in [6.45, 7) is 6.35. The Morgan fingerprint density at radius 3 is 2.57 bits per heavy atom. The van der Waals surface area contributed by atoms with Crippen molar-refractivity contribution in [3.05, 3.63) is 35.0 Å². The van der Waals surface area contributed by atoms with Crippen LogP contribution in [-0.4, -0.2) is 62.1 Å². The number of imidazole rings is 1. The van der Waals surface area contributed by atoms with Crippen LogP contribution in [0, 0.1) is 0 Å². The second kappa shape index (κ2) is 12.2. The first-order valence-corrected chi connectivity index (χ1v) is 16.0. The van der Waals surface area contributed by atoms with Gasteiger partial charge in [0.05, 0.1) is 22.6 Å². The number of benzene rings is 1. The molecular weight excluding hydrogens is 560 g/mol. The van der Waals surface area contributed by atoms with Crippen LogP contribution >= 0.6 is 0 Å². The minimum absolute atomic E-state index is 0.0342. The average Bonchev–Trinajstić information content (AvgIpc) is 3.57. The number of amides is 1. The van der Waals surface area contributed by atoms with E-state index in [4.69, 9.17) is 9.72 Å². The Bertz CT molecular complexity index is 1750. The minimum Gasteiger partial charge on any atom is -0.493 e. The van der Waals surface area contributed by atoms with Crippen LogP contribution in [0.2, 0.25) is 0 Å².